The molecule has 1 fully saturated rings. The van der Waals surface area contributed by atoms with Gasteiger partial charge in [0.1, 0.15) is 24.4 Å². The van der Waals surface area contributed by atoms with E-state index in [1.165, 1.54) is 18.2 Å². The Morgan fingerprint density at radius 3 is 2.40 bits per heavy atom. The summed E-state index contributed by atoms with van der Waals surface area (Å²) in [5.74, 6) is -0.802. The molecule has 1 saturated heterocycles. The lowest BCUT2D eigenvalue weighted by molar-refractivity contribution is -0.277. The molecule has 0 saturated carbocycles. The summed E-state index contributed by atoms with van der Waals surface area (Å²) >= 11 is 0. The Balaban J connectivity index is 2.23. The summed E-state index contributed by atoms with van der Waals surface area (Å²) < 4.78 is 44.6. The van der Waals surface area contributed by atoms with Gasteiger partial charge in [0.05, 0.1) is 13.2 Å². The van der Waals surface area contributed by atoms with Gasteiger partial charge in [-0.05, 0) is 6.07 Å². The van der Waals surface area contributed by atoms with Gasteiger partial charge in [0.15, 0.2) is 11.5 Å². The summed E-state index contributed by atoms with van der Waals surface area (Å²) in [6.07, 6.45) is -7.83. The molecule has 1 aliphatic heterocycles. The van der Waals surface area contributed by atoms with Gasteiger partial charge in [0, 0.05) is 5.56 Å². The highest BCUT2D eigenvalue weighted by Gasteiger charge is 2.45. The third kappa shape index (κ3) is 4.77. The van der Waals surface area contributed by atoms with Crippen molar-refractivity contribution in [1.82, 2.24) is 0 Å². The van der Waals surface area contributed by atoms with E-state index in [1.807, 2.05) is 0 Å². The molecule has 25 heavy (non-hydrogen) atoms. The summed E-state index contributed by atoms with van der Waals surface area (Å²) in [6.45, 7) is -1.37. The fourth-order valence-corrected chi connectivity index (χ4v) is 2.52. The van der Waals surface area contributed by atoms with Gasteiger partial charge in [-0.15, -0.1) is 0 Å². The average Bonchev–Trinajstić information content (AvgIpc) is 2.54. The van der Waals surface area contributed by atoms with E-state index < -0.39 is 60.1 Å². The molecule has 1 aromatic rings. The van der Waals surface area contributed by atoms with E-state index in [1.54, 1.807) is 0 Å². The highest BCUT2D eigenvalue weighted by Crippen LogP contribution is 2.34. The van der Waals surface area contributed by atoms with Gasteiger partial charge < -0.3 is 35.0 Å². The number of hydrogen-bond acceptors (Lipinski definition) is 10. The predicted molar refractivity (Wildman–Crippen MR) is 78.8 cm³/mol. The molecule has 0 unspecified atom stereocenters. The van der Waals surface area contributed by atoms with Crippen LogP contribution < -0.4 is 4.74 Å². The maximum Gasteiger partial charge on any atom is 0.397 e. The zero-order valence-corrected chi connectivity index (χ0v) is 13.5. The van der Waals surface area contributed by atoms with Crippen molar-refractivity contribution in [3.8, 4) is 11.5 Å². The van der Waals surface area contributed by atoms with Crippen molar-refractivity contribution >= 4 is 10.4 Å². The first kappa shape index (κ1) is 19.8. The minimum absolute atomic E-state index is 0.0189. The highest BCUT2D eigenvalue weighted by molar-refractivity contribution is 7.80. The Hall–Kier alpha value is -1.51. The van der Waals surface area contributed by atoms with Crippen LogP contribution in [0, 0.1) is 0 Å². The van der Waals surface area contributed by atoms with Gasteiger partial charge in [-0.2, -0.15) is 8.42 Å². The molecule has 1 heterocycles. The highest BCUT2D eigenvalue weighted by atomic mass is 32.3. The van der Waals surface area contributed by atoms with E-state index in [-0.39, 0.29) is 11.3 Å². The van der Waals surface area contributed by atoms with Crippen molar-refractivity contribution in [2.45, 2.75) is 37.3 Å². The van der Waals surface area contributed by atoms with Crippen LogP contribution in [-0.4, -0.2) is 75.8 Å². The summed E-state index contributed by atoms with van der Waals surface area (Å²) in [7, 11) is -4.75. The molecule has 0 bridgehead atoms. The zero-order valence-electron chi connectivity index (χ0n) is 12.7. The van der Waals surface area contributed by atoms with Crippen LogP contribution >= 0.6 is 0 Å². The predicted octanol–water partition coefficient (Wildman–Crippen LogP) is -2.11. The molecule has 1 aromatic carbocycles. The Labute approximate surface area is 142 Å². The van der Waals surface area contributed by atoms with Crippen LogP contribution in [0.3, 0.4) is 0 Å². The van der Waals surface area contributed by atoms with Gasteiger partial charge in [0.25, 0.3) is 0 Å². The second kappa shape index (κ2) is 7.80. The number of aromatic hydroxyl groups is 1. The summed E-state index contributed by atoms with van der Waals surface area (Å²) in [6, 6.07) is 3.85. The third-order valence-electron chi connectivity index (χ3n) is 3.52. The van der Waals surface area contributed by atoms with Crippen molar-refractivity contribution in [2.24, 2.45) is 0 Å². The molecule has 0 aromatic heterocycles. The zero-order chi connectivity index (χ0) is 18.8. The van der Waals surface area contributed by atoms with E-state index in [2.05, 4.69) is 4.18 Å². The standard InChI is InChI=1S/C13H18O11S/c14-4-8-9(16)10(17)11(18)13(23-8)24-12-6(2-1-3-7(12)15)5-22-25(19,20)21/h1-3,8-11,13-18H,4-5H2,(H,19,20,21)/t8-,9-,10+,11-,13-/m0/s1. The molecule has 0 aliphatic carbocycles. The van der Waals surface area contributed by atoms with Gasteiger partial charge in [-0.1, -0.05) is 12.1 Å². The van der Waals surface area contributed by atoms with Crippen molar-refractivity contribution in [3.05, 3.63) is 23.8 Å². The molecule has 11 nitrogen and oxygen atoms in total. The molecule has 0 amide bonds. The SMILES string of the molecule is O=S(=O)(O)OCc1cccc(O)c1O[C@@H]1O[C@@H](CO)[C@H](O)[C@@H](O)[C@@H]1O. The summed E-state index contributed by atoms with van der Waals surface area (Å²) in [4.78, 5) is 0. The topological polar surface area (TPSA) is 183 Å². The molecular weight excluding hydrogens is 364 g/mol. The monoisotopic (exact) mass is 382 g/mol. The molecule has 12 heteroatoms. The first-order valence-corrected chi connectivity index (χ1v) is 8.40. The maximum atomic E-state index is 10.7. The summed E-state index contributed by atoms with van der Waals surface area (Å²) in [5.41, 5.74) is -0.0189. The second-order valence-electron chi connectivity index (χ2n) is 5.27. The Bertz CT molecular complexity index is 689. The quantitative estimate of drug-likeness (QED) is 0.296. The maximum absolute atomic E-state index is 10.7. The van der Waals surface area contributed by atoms with E-state index in [4.69, 9.17) is 19.1 Å². The molecule has 0 radical (unpaired) electrons. The second-order valence-corrected chi connectivity index (χ2v) is 6.36. The van der Waals surface area contributed by atoms with Crippen molar-refractivity contribution in [3.63, 3.8) is 0 Å². The molecule has 1 aliphatic rings. The van der Waals surface area contributed by atoms with Crippen LogP contribution in [0.5, 0.6) is 11.5 Å². The van der Waals surface area contributed by atoms with Crippen molar-refractivity contribution < 1.29 is 52.2 Å². The van der Waals surface area contributed by atoms with Gasteiger partial charge >= 0.3 is 10.4 Å². The van der Waals surface area contributed by atoms with Crippen LogP contribution in [0.4, 0.5) is 0 Å². The number of aliphatic hydroxyl groups is 4. The van der Waals surface area contributed by atoms with Gasteiger partial charge in [-0.3, -0.25) is 4.55 Å². The van der Waals surface area contributed by atoms with E-state index in [9.17, 15) is 28.8 Å². The number of aliphatic hydroxyl groups excluding tert-OH is 4. The number of rotatable bonds is 6. The molecule has 0 spiro atoms. The van der Waals surface area contributed by atoms with Gasteiger partial charge in [0.2, 0.25) is 6.29 Å². The molecular formula is C13H18O11S. The third-order valence-corrected chi connectivity index (χ3v) is 3.94. The molecule has 5 atom stereocenters. The largest absolute Gasteiger partial charge is 0.504 e. The fraction of sp³-hybridized carbons (Fsp3) is 0.538. The van der Waals surface area contributed by atoms with E-state index >= 15 is 0 Å². The molecule has 6 N–H and O–H groups in total. The Morgan fingerprint density at radius 2 is 1.80 bits per heavy atom. The lowest BCUT2D eigenvalue weighted by Crippen LogP contribution is -2.60. The number of phenolic OH excluding ortho intramolecular Hbond substituents is 1. The van der Waals surface area contributed by atoms with Crippen LogP contribution in [0.2, 0.25) is 0 Å². The number of hydrogen-bond donors (Lipinski definition) is 6. The Morgan fingerprint density at radius 1 is 1.12 bits per heavy atom. The number of para-hydroxylation sites is 1. The van der Waals surface area contributed by atoms with Gasteiger partial charge in [-0.25, -0.2) is 4.18 Å². The Kier molecular flexibility index (Phi) is 6.18. The smallest absolute Gasteiger partial charge is 0.397 e. The average molecular weight is 382 g/mol. The number of ether oxygens (including phenoxy) is 2. The minimum Gasteiger partial charge on any atom is -0.504 e. The number of phenols is 1. The molecule has 2 rings (SSSR count). The van der Waals surface area contributed by atoms with Crippen LogP contribution in [0.15, 0.2) is 18.2 Å². The first-order chi connectivity index (χ1) is 11.6. The van der Waals surface area contributed by atoms with Crippen LogP contribution in [-0.2, 0) is 25.9 Å². The van der Waals surface area contributed by atoms with Crippen LogP contribution in [0.25, 0.3) is 0 Å². The van der Waals surface area contributed by atoms with E-state index in [0.717, 1.165) is 0 Å². The lowest BCUT2D eigenvalue weighted by Gasteiger charge is -2.39. The lowest BCUT2D eigenvalue weighted by atomic mass is 9.99. The normalized spacial score (nSPS) is 30.2. The van der Waals surface area contributed by atoms with Crippen molar-refractivity contribution in [1.29, 1.82) is 0 Å². The summed E-state index contributed by atoms with van der Waals surface area (Å²) in [5, 5.41) is 48.4. The fourth-order valence-electron chi connectivity index (χ4n) is 2.24. The first-order valence-electron chi connectivity index (χ1n) is 7.04. The van der Waals surface area contributed by atoms with E-state index in [0.29, 0.717) is 0 Å². The van der Waals surface area contributed by atoms with Crippen LogP contribution in [0.1, 0.15) is 5.56 Å². The van der Waals surface area contributed by atoms with Crippen molar-refractivity contribution in [2.75, 3.05) is 6.61 Å². The number of benzene rings is 1. The minimum atomic E-state index is -4.75. The molecule has 142 valence electrons.